The Hall–Kier alpha value is -4.00. The second-order valence-electron chi connectivity index (χ2n) is 10.8. The van der Waals surface area contributed by atoms with Gasteiger partial charge in [0.2, 0.25) is 5.95 Å². The van der Waals surface area contributed by atoms with Crippen LogP contribution in [0, 0.1) is 35.5 Å². The summed E-state index contributed by atoms with van der Waals surface area (Å²) in [6.45, 7) is 4.17. The maximum Gasteiger partial charge on any atom is 0.247 e. The summed E-state index contributed by atoms with van der Waals surface area (Å²) >= 11 is 0. The molecule has 1 aliphatic carbocycles. The summed E-state index contributed by atoms with van der Waals surface area (Å²) in [7, 11) is 0. The molecule has 3 aliphatic rings. The molecule has 0 bridgehead atoms. The van der Waals surface area contributed by atoms with Gasteiger partial charge >= 0.3 is 0 Å². The molecule has 11 nitrogen and oxygen atoms in total. The standard InChI is InChI=1S/C27H31FN10O/c1-16-22(33-27-34-25(32-19-2-3-19)26-31-13-20(12-30)38(26)35-27)8-17(11-29)9-24(16)36-7-5-23-18(14-36)4-6-37(23)15-21(39)10-28/h8-9,13,18-19,21,23,39H,2-7,10,14-15H2,1H3,(H2,32,33,34,35)/t18?,21-,23?/m1/s1. The summed E-state index contributed by atoms with van der Waals surface area (Å²) < 4.78 is 14.4. The van der Waals surface area contributed by atoms with Gasteiger partial charge in [0.05, 0.1) is 23.9 Å². The third-order valence-electron chi connectivity index (χ3n) is 8.06. The van der Waals surface area contributed by atoms with E-state index in [1.807, 2.05) is 13.0 Å². The van der Waals surface area contributed by atoms with E-state index in [1.54, 1.807) is 6.07 Å². The van der Waals surface area contributed by atoms with Gasteiger partial charge in [0.15, 0.2) is 17.2 Å². The van der Waals surface area contributed by atoms with Crippen LogP contribution >= 0.6 is 0 Å². The summed E-state index contributed by atoms with van der Waals surface area (Å²) in [4.78, 5) is 13.6. The van der Waals surface area contributed by atoms with E-state index in [-0.39, 0.29) is 0 Å². The van der Waals surface area contributed by atoms with Crippen molar-refractivity contribution in [3.63, 3.8) is 0 Å². The van der Waals surface area contributed by atoms with Crippen molar-refractivity contribution >= 4 is 28.8 Å². The number of piperidine rings is 1. The van der Waals surface area contributed by atoms with E-state index in [9.17, 15) is 20.0 Å². The fourth-order valence-corrected chi connectivity index (χ4v) is 5.92. The van der Waals surface area contributed by atoms with Crippen LogP contribution in [-0.2, 0) is 0 Å². The number of imidazole rings is 1. The average Bonchev–Trinajstić information content (AvgIpc) is 3.53. The Bertz CT molecular complexity index is 1470. The van der Waals surface area contributed by atoms with Gasteiger partial charge in [-0.25, -0.2) is 9.37 Å². The predicted molar refractivity (Wildman–Crippen MR) is 144 cm³/mol. The van der Waals surface area contributed by atoms with Gasteiger partial charge in [-0.1, -0.05) is 0 Å². The molecular formula is C27H31FN10O. The molecule has 2 aromatic heterocycles. The highest BCUT2D eigenvalue weighted by Gasteiger charge is 2.39. The Balaban J connectivity index is 1.28. The molecule has 3 aromatic rings. The summed E-state index contributed by atoms with van der Waals surface area (Å²) in [5, 5.41) is 40.4. The molecule has 12 heteroatoms. The molecular weight excluding hydrogens is 499 g/mol. The normalized spacial score (nSPS) is 21.8. The zero-order valence-electron chi connectivity index (χ0n) is 21.8. The molecule has 0 amide bonds. The monoisotopic (exact) mass is 530 g/mol. The second kappa shape index (κ2) is 10.3. The minimum atomic E-state index is -0.932. The average molecular weight is 531 g/mol. The van der Waals surface area contributed by atoms with E-state index >= 15 is 0 Å². The van der Waals surface area contributed by atoms with Crippen molar-refractivity contribution in [2.45, 2.75) is 50.8 Å². The van der Waals surface area contributed by atoms with Crippen molar-refractivity contribution in [1.82, 2.24) is 24.5 Å². The molecule has 202 valence electrons. The van der Waals surface area contributed by atoms with E-state index < -0.39 is 12.8 Å². The van der Waals surface area contributed by atoms with E-state index in [0.717, 1.165) is 62.3 Å². The van der Waals surface area contributed by atoms with Gasteiger partial charge in [-0.05, 0) is 62.8 Å². The smallest absolute Gasteiger partial charge is 0.247 e. The largest absolute Gasteiger partial charge is 0.389 e. The van der Waals surface area contributed by atoms with Crippen molar-refractivity contribution in [1.29, 1.82) is 10.5 Å². The van der Waals surface area contributed by atoms with Crippen LogP contribution in [0.2, 0.25) is 0 Å². The van der Waals surface area contributed by atoms with Crippen LogP contribution < -0.4 is 15.5 Å². The van der Waals surface area contributed by atoms with Crippen LogP contribution in [0.3, 0.4) is 0 Å². The quantitative estimate of drug-likeness (QED) is 0.398. The fraction of sp³-hybridized carbons (Fsp3) is 0.519. The molecule has 6 rings (SSSR count). The molecule has 0 spiro atoms. The number of aliphatic hydroxyl groups excluding tert-OH is 1. The van der Waals surface area contributed by atoms with Crippen LogP contribution in [0.1, 0.15) is 42.5 Å². The molecule has 2 saturated heterocycles. The molecule has 2 aliphatic heterocycles. The van der Waals surface area contributed by atoms with Crippen LogP contribution in [0.5, 0.6) is 0 Å². The second-order valence-corrected chi connectivity index (χ2v) is 10.8. The number of anilines is 4. The van der Waals surface area contributed by atoms with Gasteiger partial charge in [-0.15, -0.1) is 5.10 Å². The lowest BCUT2D eigenvalue weighted by Gasteiger charge is -2.40. The van der Waals surface area contributed by atoms with Gasteiger partial charge in [0, 0.05) is 43.1 Å². The number of aromatic nitrogens is 4. The summed E-state index contributed by atoms with van der Waals surface area (Å²) in [5.74, 6) is 1.29. The summed E-state index contributed by atoms with van der Waals surface area (Å²) in [6.07, 6.45) is 4.58. The van der Waals surface area contributed by atoms with Crippen molar-refractivity contribution in [3.05, 3.63) is 35.2 Å². The van der Waals surface area contributed by atoms with Crippen molar-refractivity contribution < 1.29 is 9.50 Å². The van der Waals surface area contributed by atoms with Crippen molar-refractivity contribution in [2.24, 2.45) is 5.92 Å². The van der Waals surface area contributed by atoms with Crippen molar-refractivity contribution in [3.8, 4) is 12.1 Å². The lowest BCUT2D eigenvalue weighted by molar-refractivity contribution is 0.0756. The van der Waals surface area contributed by atoms with Crippen LogP contribution in [-0.4, -0.2) is 80.6 Å². The first-order chi connectivity index (χ1) is 19.0. The molecule has 2 unspecified atom stereocenters. The van der Waals surface area contributed by atoms with E-state index in [0.29, 0.717) is 53.2 Å². The number of halogens is 1. The molecule has 3 N–H and O–H groups in total. The van der Waals surface area contributed by atoms with Crippen LogP contribution in [0.15, 0.2) is 18.3 Å². The Morgan fingerprint density at radius 3 is 2.77 bits per heavy atom. The Kier molecular flexibility index (Phi) is 6.67. The van der Waals surface area contributed by atoms with E-state index in [2.05, 4.69) is 47.6 Å². The number of hydrogen-bond donors (Lipinski definition) is 3. The molecule has 3 atom stereocenters. The minimum Gasteiger partial charge on any atom is -0.389 e. The third-order valence-corrected chi connectivity index (χ3v) is 8.06. The number of benzene rings is 1. The van der Waals surface area contributed by atoms with Gasteiger partial charge < -0.3 is 20.6 Å². The van der Waals surface area contributed by atoms with E-state index in [4.69, 9.17) is 0 Å². The number of aliphatic hydroxyl groups is 1. The first kappa shape index (κ1) is 25.3. The first-order valence-corrected chi connectivity index (χ1v) is 13.4. The molecule has 3 fully saturated rings. The maximum atomic E-state index is 12.9. The van der Waals surface area contributed by atoms with Gasteiger partial charge in [0.25, 0.3) is 0 Å². The fourth-order valence-electron chi connectivity index (χ4n) is 5.92. The Morgan fingerprint density at radius 2 is 2.03 bits per heavy atom. The number of rotatable bonds is 8. The highest BCUT2D eigenvalue weighted by Crippen LogP contribution is 2.37. The number of nitrogens with zero attached hydrogens (tertiary/aromatic N) is 8. The first-order valence-electron chi connectivity index (χ1n) is 13.4. The van der Waals surface area contributed by atoms with Gasteiger partial charge in [0.1, 0.15) is 12.7 Å². The number of likely N-dealkylation sites (tertiary alicyclic amines) is 1. The topological polar surface area (TPSA) is 141 Å². The molecule has 4 heterocycles. The van der Waals surface area contributed by atoms with Crippen LogP contribution in [0.4, 0.5) is 27.5 Å². The number of β-amino-alcohol motifs (C(OH)–C–C–N with tert-alkyl or cyclic N) is 1. The number of fused-ring (bicyclic) bond motifs is 2. The highest BCUT2D eigenvalue weighted by molar-refractivity contribution is 5.73. The predicted octanol–water partition coefficient (Wildman–Crippen LogP) is 2.72. The minimum absolute atomic E-state index is 0.306. The maximum absolute atomic E-state index is 12.9. The van der Waals surface area contributed by atoms with Gasteiger partial charge in [-0.2, -0.15) is 20.0 Å². The lowest BCUT2D eigenvalue weighted by atomic mass is 9.91. The summed E-state index contributed by atoms with van der Waals surface area (Å²) in [6, 6.07) is 8.79. The zero-order chi connectivity index (χ0) is 27.1. The van der Waals surface area contributed by atoms with E-state index in [1.165, 1.54) is 10.7 Å². The van der Waals surface area contributed by atoms with Gasteiger partial charge in [-0.3, -0.25) is 4.90 Å². The third kappa shape index (κ3) is 4.93. The Morgan fingerprint density at radius 1 is 1.18 bits per heavy atom. The molecule has 1 aromatic carbocycles. The SMILES string of the molecule is Cc1c(Nc2nc(NC3CC3)c3ncc(C#N)n3n2)cc(C#N)cc1N1CCC2C(CCN2C[C@H](O)CF)C1. The number of alkyl halides is 1. The van der Waals surface area contributed by atoms with Crippen molar-refractivity contribution in [2.75, 3.05) is 48.4 Å². The molecule has 39 heavy (non-hydrogen) atoms. The number of nitriles is 2. The number of nitrogens with one attached hydrogen (secondary N) is 2. The highest BCUT2D eigenvalue weighted by atomic mass is 19.1. The molecule has 1 saturated carbocycles. The molecule has 0 radical (unpaired) electrons. The lowest BCUT2D eigenvalue weighted by Crippen LogP contribution is -2.48. The summed E-state index contributed by atoms with van der Waals surface area (Å²) in [5.41, 5.74) is 4.01. The number of hydrogen-bond acceptors (Lipinski definition) is 10. The van der Waals surface area contributed by atoms with Crippen LogP contribution in [0.25, 0.3) is 5.65 Å². The zero-order valence-corrected chi connectivity index (χ0v) is 21.8. The Labute approximate surface area is 225 Å².